The highest BCUT2D eigenvalue weighted by Crippen LogP contribution is 2.30. The summed E-state index contributed by atoms with van der Waals surface area (Å²) < 4.78 is 43.2. The smallest absolute Gasteiger partial charge is 0.338 e. The summed E-state index contributed by atoms with van der Waals surface area (Å²) in [4.78, 5) is 24.2. The second-order valence-corrected chi connectivity index (χ2v) is 8.20. The van der Waals surface area contributed by atoms with Crippen LogP contribution in [0.5, 0.6) is 0 Å². The lowest BCUT2D eigenvalue weighted by Crippen LogP contribution is -2.34. The van der Waals surface area contributed by atoms with Crippen LogP contribution >= 0.6 is 0 Å². The van der Waals surface area contributed by atoms with Crippen LogP contribution in [0.15, 0.2) is 42.5 Å². The molecule has 27 heavy (non-hydrogen) atoms. The normalized spacial score (nSPS) is 13.8. The van der Waals surface area contributed by atoms with Crippen molar-refractivity contribution < 1.29 is 27.1 Å². The van der Waals surface area contributed by atoms with Gasteiger partial charge in [0.2, 0.25) is 10.0 Å². The first kappa shape index (κ1) is 19.0. The maximum Gasteiger partial charge on any atom is 0.338 e. The number of ketones is 1. The molecule has 1 aliphatic rings. The van der Waals surface area contributed by atoms with E-state index in [1.807, 2.05) is 0 Å². The summed E-state index contributed by atoms with van der Waals surface area (Å²) in [5, 5.41) is 0. The first-order valence-corrected chi connectivity index (χ1v) is 10.2. The van der Waals surface area contributed by atoms with Gasteiger partial charge in [-0.2, -0.15) is 0 Å². The minimum atomic E-state index is -3.39. The molecule has 142 valence electrons. The fourth-order valence-corrected chi connectivity index (χ4v) is 3.99. The van der Waals surface area contributed by atoms with E-state index >= 15 is 0 Å². The second kappa shape index (κ2) is 7.48. The first-order valence-electron chi connectivity index (χ1n) is 8.32. The molecule has 3 rings (SSSR count). The quantitative estimate of drug-likeness (QED) is 0.578. The molecule has 0 saturated heterocycles. The highest BCUT2D eigenvalue weighted by Gasteiger charge is 2.25. The predicted molar refractivity (Wildman–Crippen MR) is 98.0 cm³/mol. The number of benzene rings is 2. The van der Waals surface area contributed by atoms with Crippen LogP contribution in [0, 0.1) is 5.82 Å². The summed E-state index contributed by atoms with van der Waals surface area (Å²) in [7, 11) is -3.39. The van der Waals surface area contributed by atoms with Crippen molar-refractivity contribution in [3.05, 3.63) is 65.0 Å². The maximum atomic E-state index is 13.2. The zero-order chi connectivity index (χ0) is 19.6. The Kier molecular flexibility index (Phi) is 5.27. The average molecular weight is 391 g/mol. The Bertz CT molecular complexity index is 1000. The third-order valence-corrected chi connectivity index (χ3v) is 5.45. The molecular weight excluding hydrogens is 373 g/mol. The van der Waals surface area contributed by atoms with Crippen molar-refractivity contribution in [1.29, 1.82) is 0 Å². The van der Waals surface area contributed by atoms with E-state index in [1.165, 1.54) is 28.6 Å². The van der Waals surface area contributed by atoms with Gasteiger partial charge in [0.25, 0.3) is 0 Å². The van der Waals surface area contributed by atoms with Crippen LogP contribution in [0.25, 0.3) is 0 Å². The summed E-state index contributed by atoms with van der Waals surface area (Å²) in [6.07, 6.45) is 2.43. The number of rotatable bonds is 5. The molecule has 0 amide bonds. The number of ether oxygens (including phenoxy) is 1. The minimum absolute atomic E-state index is 0.122. The van der Waals surface area contributed by atoms with Crippen LogP contribution < -0.4 is 4.31 Å². The van der Waals surface area contributed by atoms with Crippen molar-refractivity contribution in [2.75, 3.05) is 23.7 Å². The zero-order valence-electron chi connectivity index (χ0n) is 14.6. The van der Waals surface area contributed by atoms with Crippen LogP contribution in [0.1, 0.15) is 32.7 Å². The zero-order valence-corrected chi connectivity index (χ0v) is 15.5. The van der Waals surface area contributed by atoms with E-state index in [-0.39, 0.29) is 11.1 Å². The van der Waals surface area contributed by atoms with Crippen molar-refractivity contribution in [3.63, 3.8) is 0 Å². The van der Waals surface area contributed by atoms with Crippen molar-refractivity contribution >= 4 is 27.5 Å². The molecule has 0 radical (unpaired) electrons. The van der Waals surface area contributed by atoms with Gasteiger partial charge in [0.1, 0.15) is 5.82 Å². The molecule has 2 aromatic rings. The maximum absolute atomic E-state index is 13.2. The summed E-state index contributed by atoms with van der Waals surface area (Å²) >= 11 is 0. The Morgan fingerprint density at radius 1 is 1.15 bits per heavy atom. The molecule has 6 nitrogen and oxygen atoms in total. The number of anilines is 1. The Morgan fingerprint density at radius 3 is 2.63 bits per heavy atom. The molecule has 1 heterocycles. The number of hydrogen-bond donors (Lipinski definition) is 0. The van der Waals surface area contributed by atoms with Crippen LogP contribution in [-0.4, -0.2) is 39.6 Å². The molecule has 2 aromatic carbocycles. The Labute approximate surface area is 156 Å². The van der Waals surface area contributed by atoms with Crippen molar-refractivity contribution in [3.8, 4) is 0 Å². The number of hydrogen-bond acceptors (Lipinski definition) is 5. The highest BCUT2D eigenvalue weighted by molar-refractivity contribution is 7.92. The van der Waals surface area contributed by atoms with Gasteiger partial charge in [-0.1, -0.05) is 12.1 Å². The van der Waals surface area contributed by atoms with Crippen molar-refractivity contribution in [1.82, 2.24) is 0 Å². The average Bonchev–Trinajstić information content (AvgIpc) is 2.64. The topological polar surface area (TPSA) is 80.8 Å². The number of halogens is 1. The lowest BCUT2D eigenvalue weighted by molar-refractivity contribution is 0.0474. The molecule has 0 N–H and O–H groups in total. The largest absolute Gasteiger partial charge is 0.454 e. The Balaban J connectivity index is 1.72. The van der Waals surface area contributed by atoms with Gasteiger partial charge in [-0.25, -0.2) is 17.6 Å². The Hall–Kier alpha value is -2.74. The van der Waals surface area contributed by atoms with Crippen molar-refractivity contribution in [2.45, 2.75) is 12.8 Å². The number of esters is 1. The van der Waals surface area contributed by atoms with Crippen molar-refractivity contribution in [2.24, 2.45) is 0 Å². The van der Waals surface area contributed by atoms with E-state index < -0.39 is 34.2 Å². The standard InChI is InChI=1S/C19H18FNO5S/c1-27(24,25)21-9-3-5-13-10-15(7-8-17(13)21)19(23)26-12-18(22)14-4-2-6-16(20)11-14/h2,4,6-8,10-11H,3,5,9,12H2,1H3. The molecular formula is C19H18FNO5S. The molecule has 8 heteroatoms. The summed E-state index contributed by atoms with van der Waals surface area (Å²) in [5.41, 5.74) is 1.64. The molecule has 0 aliphatic carbocycles. The molecule has 0 bridgehead atoms. The number of carbonyl (C=O) groups is 2. The van der Waals surface area contributed by atoms with E-state index in [0.29, 0.717) is 25.1 Å². The number of carbonyl (C=O) groups excluding carboxylic acids is 2. The van der Waals surface area contributed by atoms with Crippen LogP contribution in [0.2, 0.25) is 0 Å². The first-order chi connectivity index (χ1) is 12.8. The van der Waals surface area contributed by atoms with Gasteiger partial charge < -0.3 is 4.74 Å². The van der Waals surface area contributed by atoms with Crippen LogP contribution in [-0.2, 0) is 21.2 Å². The third-order valence-electron chi connectivity index (χ3n) is 4.27. The molecule has 0 unspecified atom stereocenters. The highest BCUT2D eigenvalue weighted by atomic mass is 32.2. The van der Waals surface area contributed by atoms with Gasteiger partial charge in [0, 0.05) is 12.1 Å². The fraction of sp³-hybridized carbons (Fsp3) is 0.263. The van der Waals surface area contributed by atoms with Gasteiger partial charge in [0.15, 0.2) is 12.4 Å². The number of fused-ring (bicyclic) bond motifs is 1. The number of aryl methyl sites for hydroxylation is 1. The van der Waals surface area contributed by atoms with Gasteiger partial charge in [-0.15, -0.1) is 0 Å². The number of Topliss-reactive ketones (excluding diaryl/α,β-unsaturated/α-hetero) is 1. The van der Waals surface area contributed by atoms with E-state index in [1.54, 1.807) is 12.1 Å². The number of nitrogens with zero attached hydrogens (tertiary/aromatic N) is 1. The Morgan fingerprint density at radius 2 is 1.93 bits per heavy atom. The summed E-state index contributed by atoms with van der Waals surface area (Å²) in [6.45, 7) is -0.105. The van der Waals surface area contributed by atoms with E-state index in [4.69, 9.17) is 4.74 Å². The van der Waals surface area contributed by atoms with Gasteiger partial charge in [-0.05, 0) is 48.7 Å². The molecule has 0 fully saturated rings. The summed E-state index contributed by atoms with van der Waals surface area (Å²) in [6, 6.07) is 9.77. The van der Waals surface area contributed by atoms with Gasteiger partial charge in [-0.3, -0.25) is 9.10 Å². The van der Waals surface area contributed by atoms with Gasteiger partial charge >= 0.3 is 5.97 Å². The molecule has 0 saturated carbocycles. The molecule has 0 spiro atoms. The monoisotopic (exact) mass is 391 g/mol. The minimum Gasteiger partial charge on any atom is -0.454 e. The molecule has 0 aromatic heterocycles. The van der Waals surface area contributed by atoms with E-state index in [0.717, 1.165) is 17.9 Å². The fourth-order valence-electron chi connectivity index (χ4n) is 2.99. The summed E-state index contributed by atoms with van der Waals surface area (Å²) in [5.74, 6) is -1.75. The third kappa shape index (κ3) is 4.33. The molecule has 1 aliphatic heterocycles. The lowest BCUT2D eigenvalue weighted by atomic mass is 10.0. The molecule has 0 atom stereocenters. The van der Waals surface area contributed by atoms with Gasteiger partial charge in [0.05, 0.1) is 17.5 Å². The second-order valence-electron chi connectivity index (χ2n) is 6.29. The van der Waals surface area contributed by atoms with E-state index in [2.05, 4.69) is 0 Å². The predicted octanol–water partition coefficient (Wildman–Crippen LogP) is 2.58. The van der Waals surface area contributed by atoms with Crippen LogP contribution in [0.4, 0.5) is 10.1 Å². The lowest BCUT2D eigenvalue weighted by Gasteiger charge is -2.29. The SMILES string of the molecule is CS(=O)(=O)N1CCCc2cc(C(=O)OCC(=O)c3cccc(F)c3)ccc21. The van der Waals surface area contributed by atoms with Crippen LogP contribution in [0.3, 0.4) is 0 Å². The van der Waals surface area contributed by atoms with E-state index in [9.17, 15) is 22.4 Å². The number of sulfonamides is 1.